The Labute approximate surface area is 174 Å². The van der Waals surface area contributed by atoms with Gasteiger partial charge in [0, 0.05) is 18.4 Å². The van der Waals surface area contributed by atoms with Crippen molar-refractivity contribution in [1.29, 1.82) is 5.26 Å². The molecule has 0 heterocycles. The maximum atomic E-state index is 13.6. The zero-order valence-electron chi connectivity index (χ0n) is 16.1. The second-order valence-electron chi connectivity index (χ2n) is 6.36. The van der Waals surface area contributed by atoms with Crippen LogP contribution >= 0.6 is 0 Å². The standard InChI is InChI=1S/C24H20FN3O2/c25-23-9-5-4-6-18(23)14-15-27-17-19(16-26)24(29)28-20-10-12-22(13-11-20)30-21-7-2-1-3-8-21/h1-13,17,27H,14-15H2,(H,28,29)/b19-17-. The molecule has 0 saturated heterocycles. The highest BCUT2D eigenvalue weighted by Gasteiger charge is 2.09. The molecule has 0 aliphatic carbocycles. The Hall–Kier alpha value is -4.11. The van der Waals surface area contributed by atoms with Crippen LogP contribution in [-0.4, -0.2) is 12.5 Å². The van der Waals surface area contributed by atoms with E-state index in [2.05, 4.69) is 10.6 Å². The van der Waals surface area contributed by atoms with Gasteiger partial charge in [-0.3, -0.25) is 4.79 Å². The molecule has 3 rings (SSSR count). The van der Waals surface area contributed by atoms with Gasteiger partial charge in [-0.15, -0.1) is 0 Å². The molecule has 3 aromatic carbocycles. The predicted molar refractivity (Wildman–Crippen MR) is 113 cm³/mol. The first-order chi connectivity index (χ1) is 14.7. The molecule has 0 aromatic heterocycles. The van der Waals surface area contributed by atoms with Crippen molar-refractivity contribution in [3.63, 3.8) is 0 Å². The molecule has 0 fully saturated rings. The minimum absolute atomic E-state index is 0.0758. The van der Waals surface area contributed by atoms with Crippen LogP contribution in [0.15, 0.2) is 90.6 Å². The number of carbonyl (C=O) groups excluding carboxylic acids is 1. The van der Waals surface area contributed by atoms with E-state index in [9.17, 15) is 14.4 Å². The van der Waals surface area contributed by atoms with Crippen LogP contribution in [0.5, 0.6) is 11.5 Å². The number of amides is 1. The number of halogens is 1. The number of nitrogens with zero attached hydrogens (tertiary/aromatic N) is 1. The zero-order valence-corrected chi connectivity index (χ0v) is 16.1. The summed E-state index contributed by atoms with van der Waals surface area (Å²) >= 11 is 0. The van der Waals surface area contributed by atoms with E-state index in [1.54, 1.807) is 42.5 Å². The van der Waals surface area contributed by atoms with E-state index in [0.717, 1.165) is 0 Å². The van der Waals surface area contributed by atoms with E-state index in [1.807, 2.05) is 36.4 Å². The van der Waals surface area contributed by atoms with Crippen LogP contribution in [-0.2, 0) is 11.2 Å². The van der Waals surface area contributed by atoms with Gasteiger partial charge >= 0.3 is 0 Å². The van der Waals surface area contributed by atoms with Crippen molar-refractivity contribution in [3.05, 3.63) is 102 Å². The molecule has 0 unspecified atom stereocenters. The lowest BCUT2D eigenvalue weighted by Crippen LogP contribution is -2.18. The molecular weight excluding hydrogens is 381 g/mol. The zero-order chi connectivity index (χ0) is 21.2. The van der Waals surface area contributed by atoms with Gasteiger partial charge in [0.05, 0.1) is 0 Å². The summed E-state index contributed by atoms with van der Waals surface area (Å²) in [7, 11) is 0. The quantitative estimate of drug-likeness (QED) is 0.323. The van der Waals surface area contributed by atoms with Gasteiger partial charge in [-0.1, -0.05) is 36.4 Å². The van der Waals surface area contributed by atoms with E-state index >= 15 is 0 Å². The number of nitriles is 1. The maximum Gasteiger partial charge on any atom is 0.267 e. The molecule has 2 N–H and O–H groups in total. The van der Waals surface area contributed by atoms with Crippen LogP contribution in [0, 0.1) is 17.1 Å². The Morgan fingerprint density at radius 3 is 2.33 bits per heavy atom. The molecule has 0 spiro atoms. The smallest absolute Gasteiger partial charge is 0.267 e. The monoisotopic (exact) mass is 401 g/mol. The lowest BCUT2D eigenvalue weighted by molar-refractivity contribution is -0.112. The van der Waals surface area contributed by atoms with Crippen molar-refractivity contribution in [2.24, 2.45) is 0 Å². The van der Waals surface area contributed by atoms with E-state index in [4.69, 9.17) is 4.74 Å². The van der Waals surface area contributed by atoms with Gasteiger partial charge < -0.3 is 15.4 Å². The van der Waals surface area contributed by atoms with Crippen LogP contribution in [0.3, 0.4) is 0 Å². The number of ether oxygens (including phenoxy) is 1. The highest BCUT2D eigenvalue weighted by atomic mass is 19.1. The number of rotatable bonds is 8. The van der Waals surface area contributed by atoms with Crippen molar-refractivity contribution in [3.8, 4) is 17.6 Å². The Kier molecular flexibility index (Phi) is 7.17. The molecule has 0 bridgehead atoms. The summed E-state index contributed by atoms with van der Waals surface area (Å²) in [5.41, 5.74) is 1.03. The molecule has 0 radical (unpaired) electrons. The van der Waals surface area contributed by atoms with Gasteiger partial charge in [0.1, 0.15) is 29.0 Å². The predicted octanol–water partition coefficient (Wildman–Crippen LogP) is 4.80. The Morgan fingerprint density at radius 1 is 0.967 bits per heavy atom. The van der Waals surface area contributed by atoms with Crippen LogP contribution in [0.4, 0.5) is 10.1 Å². The van der Waals surface area contributed by atoms with Gasteiger partial charge in [0.25, 0.3) is 5.91 Å². The Balaban J connectivity index is 1.52. The molecular formula is C24H20FN3O2. The maximum absolute atomic E-state index is 13.6. The van der Waals surface area contributed by atoms with Crippen molar-refractivity contribution < 1.29 is 13.9 Å². The van der Waals surface area contributed by atoms with Crippen LogP contribution in [0.1, 0.15) is 5.56 Å². The van der Waals surface area contributed by atoms with E-state index in [-0.39, 0.29) is 11.4 Å². The number of nitrogens with one attached hydrogen (secondary N) is 2. The highest BCUT2D eigenvalue weighted by Crippen LogP contribution is 2.22. The lowest BCUT2D eigenvalue weighted by Gasteiger charge is -2.08. The van der Waals surface area contributed by atoms with Gasteiger partial charge in [0.15, 0.2) is 0 Å². The number of carbonyl (C=O) groups is 1. The molecule has 6 heteroatoms. The molecule has 30 heavy (non-hydrogen) atoms. The first-order valence-corrected chi connectivity index (χ1v) is 9.37. The molecule has 1 amide bonds. The van der Waals surface area contributed by atoms with Crippen LogP contribution in [0.2, 0.25) is 0 Å². The van der Waals surface area contributed by atoms with Crippen molar-refractivity contribution in [2.45, 2.75) is 6.42 Å². The minimum atomic E-state index is -0.535. The summed E-state index contributed by atoms with van der Waals surface area (Å²) in [5, 5.41) is 14.8. The molecule has 0 aliphatic heterocycles. The fourth-order valence-corrected chi connectivity index (χ4v) is 2.66. The number of benzene rings is 3. The average Bonchev–Trinajstić information content (AvgIpc) is 2.77. The van der Waals surface area contributed by atoms with E-state index < -0.39 is 5.91 Å². The number of hydrogen-bond acceptors (Lipinski definition) is 4. The van der Waals surface area contributed by atoms with Gasteiger partial charge in [-0.25, -0.2) is 4.39 Å². The fourth-order valence-electron chi connectivity index (χ4n) is 2.66. The highest BCUT2D eigenvalue weighted by molar-refractivity contribution is 6.06. The lowest BCUT2D eigenvalue weighted by atomic mass is 10.1. The second kappa shape index (κ2) is 10.4. The fraction of sp³-hybridized carbons (Fsp3) is 0.0833. The third kappa shape index (κ3) is 5.94. The molecule has 0 saturated carbocycles. The molecule has 0 atom stereocenters. The minimum Gasteiger partial charge on any atom is -0.457 e. The molecule has 3 aromatic rings. The number of anilines is 1. The summed E-state index contributed by atoms with van der Waals surface area (Å²) < 4.78 is 19.3. The first kappa shape index (κ1) is 20.6. The Bertz CT molecular complexity index is 1060. The third-order valence-corrected chi connectivity index (χ3v) is 4.20. The second-order valence-corrected chi connectivity index (χ2v) is 6.36. The summed E-state index contributed by atoms with van der Waals surface area (Å²) in [5.74, 6) is 0.532. The largest absolute Gasteiger partial charge is 0.457 e. The first-order valence-electron chi connectivity index (χ1n) is 9.37. The van der Waals surface area contributed by atoms with Gasteiger partial charge in [-0.2, -0.15) is 5.26 Å². The molecule has 0 aliphatic rings. The van der Waals surface area contributed by atoms with E-state index in [0.29, 0.717) is 35.7 Å². The summed E-state index contributed by atoms with van der Waals surface area (Å²) in [6.07, 6.45) is 1.77. The Morgan fingerprint density at radius 2 is 1.63 bits per heavy atom. The van der Waals surface area contributed by atoms with Crippen LogP contribution in [0.25, 0.3) is 0 Å². The summed E-state index contributed by atoms with van der Waals surface area (Å²) in [6, 6.07) is 24.5. The van der Waals surface area contributed by atoms with Crippen molar-refractivity contribution in [2.75, 3.05) is 11.9 Å². The normalized spacial score (nSPS) is 10.7. The topological polar surface area (TPSA) is 74.2 Å². The van der Waals surface area contributed by atoms with Gasteiger partial charge in [0.2, 0.25) is 0 Å². The number of para-hydroxylation sites is 1. The van der Waals surface area contributed by atoms with E-state index in [1.165, 1.54) is 12.3 Å². The van der Waals surface area contributed by atoms with Crippen LogP contribution < -0.4 is 15.4 Å². The molecule has 5 nitrogen and oxygen atoms in total. The summed E-state index contributed by atoms with van der Waals surface area (Å²) in [4.78, 5) is 12.3. The third-order valence-electron chi connectivity index (χ3n) is 4.20. The SMILES string of the molecule is N#C/C(=C/NCCc1ccccc1F)C(=O)Nc1ccc(Oc2ccccc2)cc1. The van der Waals surface area contributed by atoms with Gasteiger partial charge in [-0.05, 0) is 54.4 Å². The average molecular weight is 401 g/mol. The number of hydrogen-bond donors (Lipinski definition) is 2. The summed E-state index contributed by atoms with van der Waals surface area (Å²) in [6.45, 7) is 0.394. The van der Waals surface area contributed by atoms with Crippen molar-refractivity contribution in [1.82, 2.24) is 5.32 Å². The van der Waals surface area contributed by atoms with Crippen molar-refractivity contribution >= 4 is 11.6 Å². The molecule has 150 valence electrons.